The Balaban J connectivity index is 1.89. The first-order valence-corrected chi connectivity index (χ1v) is 9.86. The first-order valence-electron chi connectivity index (χ1n) is 9.86. The van der Waals surface area contributed by atoms with Gasteiger partial charge in [-0.1, -0.05) is 43.7 Å². The second-order valence-corrected chi connectivity index (χ2v) is 7.09. The minimum absolute atomic E-state index is 0.0222. The fraction of sp³-hybridized carbons (Fsp3) is 0.304. The Labute approximate surface area is 170 Å². The summed E-state index contributed by atoms with van der Waals surface area (Å²) in [5.74, 6) is 1.38. The highest BCUT2D eigenvalue weighted by atomic mass is 16.5. The van der Waals surface area contributed by atoms with Crippen LogP contribution >= 0.6 is 0 Å². The maximum Gasteiger partial charge on any atom is 0.273 e. The molecule has 6 nitrogen and oxygen atoms in total. The molecule has 0 radical (unpaired) electrons. The fourth-order valence-corrected chi connectivity index (χ4v) is 3.94. The van der Waals surface area contributed by atoms with Crippen molar-refractivity contribution in [3.8, 4) is 22.8 Å². The van der Waals surface area contributed by atoms with Gasteiger partial charge in [0.15, 0.2) is 0 Å². The largest absolute Gasteiger partial charge is 0.497 e. The van der Waals surface area contributed by atoms with Gasteiger partial charge in [0.25, 0.3) is 5.91 Å². The lowest BCUT2D eigenvalue weighted by Crippen LogP contribution is -2.30. The molecule has 1 atom stereocenters. The van der Waals surface area contributed by atoms with Crippen molar-refractivity contribution in [3.63, 3.8) is 0 Å². The van der Waals surface area contributed by atoms with Crippen LogP contribution in [-0.4, -0.2) is 41.8 Å². The van der Waals surface area contributed by atoms with Gasteiger partial charge in [0, 0.05) is 29.3 Å². The highest BCUT2D eigenvalue weighted by Crippen LogP contribution is 2.46. The van der Waals surface area contributed by atoms with Gasteiger partial charge in [0.1, 0.15) is 17.2 Å². The van der Waals surface area contributed by atoms with Crippen LogP contribution in [0.2, 0.25) is 0 Å². The summed E-state index contributed by atoms with van der Waals surface area (Å²) >= 11 is 0. The lowest BCUT2D eigenvalue weighted by molar-refractivity contribution is 0.0740. The molecule has 1 amide bonds. The predicted molar refractivity (Wildman–Crippen MR) is 111 cm³/mol. The van der Waals surface area contributed by atoms with Gasteiger partial charge >= 0.3 is 0 Å². The number of benzene rings is 2. The van der Waals surface area contributed by atoms with Crippen LogP contribution in [-0.2, 0) is 0 Å². The van der Waals surface area contributed by atoms with Crippen LogP contribution in [0, 0.1) is 0 Å². The molecule has 0 saturated carbocycles. The zero-order chi connectivity index (χ0) is 20.4. The van der Waals surface area contributed by atoms with Crippen molar-refractivity contribution in [2.75, 3.05) is 20.8 Å². The number of aromatic amines is 1. The lowest BCUT2D eigenvalue weighted by atomic mass is 9.95. The molecule has 0 aliphatic carbocycles. The van der Waals surface area contributed by atoms with Crippen molar-refractivity contribution in [1.29, 1.82) is 0 Å². The summed E-state index contributed by atoms with van der Waals surface area (Å²) in [5.41, 5.74) is 4.17. The van der Waals surface area contributed by atoms with Crippen molar-refractivity contribution in [3.05, 3.63) is 65.4 Å². The van der Waals surface area contributed by atoms with E-state index in [1.807, 2.05) is 53.4 Å². The Morgan fingerprint density at radius 1 is 1.10 bits per heavy atom. The fourth-order valence-electron chi connectivity index (χ4n) is 3.94. The summed E-state index contributed by atoms with van der Waals surface area (Å²) in [5, 5.41) is 7.49. The molecule has 1 aliphatic heterocycles. The number of carbonyl (C=O) groups excluding carboxylic acids is 1. The number of nitrogens with zero attached hydrogens (tertiary/aromatic N) is 2. The van der Waals surface area contributed by atoms with Gasteiger partial charge in [-0.15, -0.1) is 0 Å². The van der Waals surface area contributed by atoms with Crippen molar-refractivity contribution in [1.82, 2.24) is 15.1 Å². The number of unbranched alkanes of at least 4 members (excludes halogenated alkanes) is 1. The number of nitrogens with one attached hydrogen (secondary N) is 1. The third-order valence-electron chi connectivity index (χ3n) is 5.40. The van der Waals surface area contributed by atoms with E-state index in [0.29, 0.717) is 23.7 Å². The number of amides is 1. The number of H-pyrrole nitrogens is 1. The Morgan fingerprint density at radius 3 is 2.59 bits per heavy atom. The summed E-state index contributed by atoms with van der Waals surface area (Å²) in [6.45, 7) is 2.80. The SMILES string of the molecule is CCCCN1C(=O)c2[nH]nc(-c3ccccc3)c2C1c1ccc(OC)cc1OC. The average molecular weight is 391 g/mol. The molecular weight excluding hydrogens is 366 g/mol. The molecule has 150 valence electrons. The van der Waals surface area contributed by atoms with Crippen LogP contribution in [0.25, 0.3) is 11.3 Å². The van der Waals surface area contributed by atoms with E-state index in [0.717, 1.165) is 35.2 Å². The van der Waals surface area contributed by atoms with Crippen LogP contribution in [0.5, 0.6) is 11.5 Å². The molecule has 29 heavy (non-hydrogen) atoms. The Hall–Kier alpha value is -3.28. The molecule has 1 aromatic heterocycles. The Bertz CT molecular complexity index is 1010. The summed E-state index contributed by atoms with van der Waals surface area (Å²) < 4.78 is 11.0. The standard InChI is InChI=1S/C23H25N3O3/c1-4-5-13-26-22(17-12-11-16(28-2)14-18(17)29-3)19-20(15-9-7-6-8-10-15)24-25-21(19)23(26)27/h6-12,14,22H,4-5,13H2,1-3H3,(H,24,25). The summed E-state index contributed by atoms with van der Waals surface area (Å²) in [6.07, 6.45) is 1.94. The monoisotopic (exact) mass is 391 g/mol. The van der Waals surface area contributed by atoms with E-state index in [4.69, 9.17) is 9.47 Å². The number of carbonyl (C=O) groups is 1. The highest BCUT2D eigenvalue weighted by molar-refractivity contribution is 6.00. The van der Waals surface area contributed by atoms with Crippen LogP contribution in [0.4, 0.5) is 0 Å². The Kier molecular flexibility index (Phi) is 5.25. The third-order valence-corrected chi connectivity index (χ3v) is 5.40. The quantitative estimate of drug-likeness (QED) is 0.647. The number of fused-ring (bicyclic) bond motifs is 1. The highest BCUT2D eigenvalue weighted by Gasteiger charge is 2.43. The smallest absolute Gasteiger partial charge is 0.273 e. The van der Waals surface area contributed by atoms with Gasteiger partial charge in [-0.2, -0.15) is 5.10 Å². The maximum absolute atomic E-state index is 13.2. The number of hydrogen-bond acceptors (Lipinski definition) is 4. The zero-order valence-corrected chi connectivity index (χ0v) is 16.9. The predicted octanol–water partition coefficient (Wildman–Crippen LogP) is 4.44. The maximum atomic E-state index is 13.2. The van der Waals surface area contributed by atoms with Crippen molar-refractivity contribution < 1.29 is 14.3 Å². The number of methoxy groups -OCH3 is 2. The van der Waals surface area contributed by atoms with Gasteiger partial charge in [-0.3, -0.25) is 9.89 Å². The summed E-state index contributed by atoms with van der Waals surface area (Å²) in [4.78, 5) is 15.2. The van der Waals surface area contributed by atoms with E-state index < -0.39 is 0 Å². The molecule has 2 heterocycles. The van der Waals surface area contributed by atoms with E-state index in [1.54, 1.807) is 14.2 Å². The molecule has 1 unspecified atom stereocenters. The van der Waals surface area contributed by atoms with E-state index in [2.05, 4.69) is 17.1 Å². The second kappa shape index (κ2) is 7.99. The van der Waals surface area contributed by atoms with E-state index in [1.165, 1.54) is 0 Å². The van der Waals surface area contributed by atoms with E-state index >= 15 is 0 Å². The molecule has 2 aromatic carbocycles. The minimum Gasteiger partial charge on any atom is -0.497 e. The van der Waals surface area contributed by atoms with Gasteiger partial charge in [-0.05, 0) is 18.6 Å². The first-order chi connectivity index (χ1) is 14.2. The average Bonchev–Trinajstić information content (AvgIpc) is 3.31. The normalized spacial score (nSPS) is 15.5. The van der Waals surface area contributed by atoms with Crippen LogP contribution in [0.1, 0.15) is 47.4 Å². The van der Waals surface area contributed by atoms with E-state index in [-0.39, 0.29) is 11.9 Å². The van der Waals surface area contributed by atoms with Crippen molar-refractivity contribution in [2.45, 2.75) is 25.8 Å². The molecule has 0 spiro atoms. The van der Waals surface area contributed by atoms with Crippen LogP contribution < -0.4 is 9.47 Å². The molecule has 0 fully saturated rings. The number of aromatic nitrogens is 2. The third kappa shape index (κ3) is 3.24. The second-order valence-electron chi connectivity index (χ2n) is 7.09. The van der Waals surface area contributed by atoms with Crippen LogP contribution in [0.3, 0.4) is 0 Å². The van der Waals surface area contributed by atoms with Crippen LogP contribution in [0.15, 0.2) is 48.5 Å². The molecule has 6 heteroatoms. The molecule has 1 aliphatic rings. The van der Waals surface area contributed by atoms with Crippen molar-refractivity contribution in [2.24, 2.45) is 0 Å². The van der Waals surface area contributed by atoms with Gasteiger partial charge in [0.2, 0.25) is 0 Å². The summed E-state index contributed by atoms with van der Waals surface area (Å²) in [7, 11) is 3.27. The van der Waals surface area contributed by atoms with Gasteiger partial charge in [0.05, 0.1) is 26.0 Å². The van der Waals surface area contributed by atoms with Crippen molar-refractivity contribution >= 4 is 5.91 Å². The molecule has 0 saturated heterocycles. The number of hydrogen-bond donors (Lipinski definition) is 1. The molecular formula is C23H25N3O3. The molecule has 4 rings (SSSR count). The molecule has 0 bridgehead atoms. The summed E-state index contributed by atoms with van der Waals surface area (Å²) in [6, 6.07) is 15.4. The van der Waals surface area contributed by atoms with E-state index in [9.17, 15) is 4.79 Å². The topological polar surface area (TPSA) is 67.5 Å². The minimum atomic E-state index is -0.265. The Morgan fingerprint density at radius 2 is 1.90 bits per heavy atom. The lowest BCUT2D eigenvalue weighted by Gasteiger charge is -2.27. The van der Waals surface area contributed by atoms with Gasteiger partial charge < -0.3 is 14.4 Å². The molecule has 1 N–H and O–H groups in total. The number of ether oxygens (including phenoxy) is 2. The number of rotatable bonds is 7. The zero-order valence-electron chi connectivity index (χ0n) is 16.9. The molecule has 3 aromatic rings. The first kappa shape index (κ1) is 19.1. The van der Waals surface area contributed by atoms with Gasteiger partial charge in [-0.25, -0.2) is 0 Å².